The molecule has 0 aromatic heterocycles. The molecular formula is C42H57NO5S2. The van der Waals surface area contributed by atoms with Crippen molar-refractivity contribution in [1.82, 2.24) is 4.90 Å². The molecule has 4 rings (SSSR count). The van der Waals surface area contributed by atoms with E-state index in [9.17, 15) is 19.8 Å². The minimum atomic E-state index is -1.05. The SMILES string of the molecule is COc1c(C(C)(C)C)cc(SC2(Sc3cc(C(C)(C)C)c(O)c(C(C)(C)C)c3)CCN(C(=O)c3cccc(C(=O)O)c3)CC2)cc1C(C)(C)C. The van der Waals surface area contributed by atoms with Crippen LogP contribution >= 0.6 is 23.5 Å². The van der Waals surface area contributed by atoms with E-state index in [0.29, 0.717) is 37.2 Å². The number of hydrogen-bond donors (Lipinski definition) is 2. The molecule has 0 unspecified atom stereocenters. The van der Waals surface area contributed by atoms with Gasteiger partial charge in [-0.15, -0.1) is 23.5 Å². The summed E-state index contributed by atoms with van der Waals surface area (Å²) in [5.74, 6) is 0.0935. The van der Waals surface area contributed by atoms with E-state index in [1.54, 1.807) is 19.2 Å². The monoisotopic (exact) mass is 719 g/mol. The van der Waals surface area contributed by atoms with Crippen LogP contribution in [0.1, 0.15) is 139 Å². The summed E-state index contributed by atoms with van der Waals surface area (Å²) in [6.07, 6.45) is 1.43. The topological polar surface area (TPSA) is 87.1 Å². The predicted molar refractivity (Wildman–Crippen MR) is 209 cm³/mol. The summed E-state index contributed by atoms with van der Waals surface area (Å²) in [7, 11) is 1.76. The first-order chi connectivity index (χ1) is 22.9. The molecule has 3 aromatic rings. The molecule has 3 aromatic carbocycles. The lowest BCUT2D eigenvalue weighted by atomic mass is 9.79. The molecular weight excluding hydrogens is 663 g/mol. The average Bonchev–Trinajstić information content (AvgIpc) is 2.99. The number of aromatic carboxylic acids is 1. The number of phenols is 1. The standard InChI is InChI=1S/C42H57NO5S2/c1-38(2,3)30-22-28(23-31(34(30)44)39(4,5)6)49-42(17-19-43(20-18-42)36(45)26-15-14-16-27(21-26)37(46)47)50-29-24-32(40(7,8)9)35(48-13)33(25-29)41(10,11)12/h14-16,21-25,44H,17-20H2,1-13H3,(H,46,47). The zero-order valence-corrected chi connectivity index (χ0v) is 34.0. The van der Waals surface area contributed by atoms with E-state index in [2.05, 4.69) is 107 Å². The van der Waals surface area contributed by atoms with Crippen molar-refractivity contribution in [3.8, 4) is 11.5 Å². The molecule has 50 heavy (non-hydrogen) atoms. The van der Waals surface area contributed by atoms with Crippen LogP contribution in [-0.2, 0) is 21.7 Å². The number of rotatable bonds is 7. The van der Waals surface area contributed by atoms with Crippen LogP contribution in [0.3, 0.4) is 0 Å². The maximum atomic E-state index is 13.7. The Balaban J connectivity index is 1.84. The fraction of sp³-hybridized carbons (Fsp3) is 0.524. The second-order valence-corrected chi connectivity index (χ2v) is 20.9. The lowest BCUT2D eigenvalue weighted by Gasteiger charge is -2.42. The lowest BCUT2D eigenvalue weighted by Crippen LogP contribution is -2.43. The van der Waals surface area contributed by atoms with Crippen LogP contribution in [-0.4, -0.2) is 51.3 Å². The summed E-state index contributed by atoms with van der Waals surface area (Å²) in [5, 5.41) is 21.0. The Labute approximate surface area is 308 Å². The maximum Gasteiger partial charge on any atom is 0.335 e. The quantitative estimate of drug-likeness (QED) is 0.235. The van der Waals surface area contributed by atoms with Gasteiger partial charge in [0.25, 0.3) is 5.91 Å². The molecule has 6 nitrogen and oxygen atoms in total. The predicted octanol–water partition coefficient (Wildman–Crippen LogP) is 10.8. The Bertz CT molecular complexity index is 1670. The van der Waals surface area contributed by atoms with Gasteiger partial charge in [0.05, 0.1) is 16.8 Å². The number of benzene rings is 3. The van der Waals surface area contributed by atoms with Gasteiger partial charge in [0.15, 0.2) is 0 Å². The van der Waals surface area contributed by atoms with Gasteiger partial charge < -0.3 is 19.8 Å². The number of carbonyl (C=O) groups is 2. The number of piperidine rings is 1. The Hall–Kier alpha value is -3.10. The molecule has 2 N–H and O–H groups in total. The number of thioether (sulfide) groups is 2. The molecule has 1 aliphatic heterocycles. The van der Waals surface area contributed by atoms with Gasteiger partial charge in [-0.2, -0.15) is 0 Å². The van der Waals surface area contributed by atoms with E-state index < -0.39 is 5.97 Å². The molecule has 0 bridgehead atoms. The van der Waals surface area contributed by atoms with E-state index in [1.807, 2.05) is 28.4 Å². The second-order valence-electron chi connectivity index (χ2n) is 17.7. The highest BCUT2D eigenvalue weighted by Crippen LogP contribution is 2.55. The van der Waals surface area contributed by atoms with Crippen LogP contribution in [0.5, 0.6) is 11.5 Å². The summed E-state index contributed by atoms with van der Waals surface area (Å²) in [5.41, 5.74) is 3.84. The number of phenolic OH excluding ortho intramolecular Hbond substituents is 1. The van der Waals surface area contributed by atoms with Gasteiger partial charge >= 0.3 is 5.97 Å². The highest BCUT2D eigenvalue weighted by molar-refractivity contribution is 8.18. The van der Waals surface area contributed by atoms with Crippen LogP contribution in [0.25, 0.3) is 0 Å². The number of amides is 1. The van der Waals surface area contributed by atoms with Crippen molar-refractivity contribution in [2.75, 3.05) is 20.2 Å². The molecule has 8 heteroatoms. The minimum Gasteiger partial charge on any atom is -0.507 e. The summed E-state index contributed by atoms with van der Waals surface area (Å²) >= 11 is 3.70. The summed E-state index contributed by atoms with van der Waals surface area (Å²) < 4.78 is 5.75. The van der Waals surface area contributed by atoms with Gasteiger partial charge in [0, 0.05) is 50.7 Å². The van der Waals surface area contributed by atoms with Gasteiger partial charge in [-0.1, -0.05) is 89.2 Å². The van der Waals surface area contributed by atoms with Gasteiger partial charge in [-0.05, 0) is 77.0 Å². The third-order valence-electron chi connectivity index (χ3n) is 9.36. The maximum absolute atomic E-state index is 13.7. The van der Waals surface area contributed by atoms with Crippen LogP contribution in [0.2, 0.25) is 0 Å². The van der Waals surface area contributed by atoms with E-state index in [-0.39, 0.29) is 37.2 Å². The smallest absolute Gasteiger partial charge is 0.335 e. The first-order valence-electron chi connectivity index (χ1n) is 17.5. The van der Waals surface area contributed by atoms with E-state index in [1.165, 1.54) is 12.1 Å². The third kappa shape index (κ3) is 8.85. The van der Waals surface area contributed by atoms with Crippen molar-refractivity contribution in [3.05, 3.63) is 81.9 Å². The highest BCUT2D eigenvalue weighted by Gasteiger charge is 2.40. The molecule has 1 saturated heterocycles. The van der Waals surface area contributed by atoms with Crippen molar-refractivity contribution in [1.29, 1.82) is 0 Å². The molecule has 0 atom stereocenters. The molecule has 0 radical (unpaired) electrons. The highest BCUT2D eigenvalue weighted by atomic mass is 32.2. The zero-order chi connectivity index (χ0) is 37.6. The Kier molecular flexibility index (Phi) is 11.2. The van der Waals surface area contributed by atoms with Crippen molar-refractivity contribution in [2.24, 2.45) is 0 Å². The summed E-state index contributed by atoms with van der Waals surface area (Å²) in [4.78, 5) is 29.5. The Morgan fingerprint density at radius 3 is 1.46 bits per heavy atom. The third-order valence-corrected chi connectivity index (χ3v) is 12.4. The number of hydrogen-bond acceptors (Lipinski definition) is 6. The van der Waals surface area contributed by atoms with Gasteiger partial charge in [-0.25, -0.2) is 4.79 Å². The molecule has 1 heterocycles. The van der Waals surface area contributed by atoms with Crippen molar-refractivity contribution >= 4 is 35.4 Å². The van der Waals surface area contributed by atoms with Gasteiger partial charge in [0.2, 0.25) is 0 Å². The number of ether oxygens (including phenoxy) is 1. The molecule has 1 aliphatic rings. The second kappa shape index (κ2) is 14.1. The van der Waals surface area contributed by atoms with Crippen LogP contribution in [0, 0.1) is 0 Å². The number of carboxylic acid groups (broad SMARTS) is 1. The van der Waals surface area contributed by atoms with E-state index in [0.717, 1.165) is 37.8 Å². The first kappa shape index (κ1) is 39.7. The Morgan fingerprint density at radius 2 is 1.08 bits per heavy atom. The molecule has 0 saturated carbocycles. The minimum absolute atomic E-state index is 0.105. The van der Waals surface area contributed by atoms with Crippen LogP contribution in [0.4, 0.5) is 0 Å². The Morgan fingerprint density at radius 1 is 0.680 bits per heavy atom. The number of carboxylic acids is 1. The van der Waals surface area contributed by atoms with Crippen molar-refractivity contribution in [2.45, 2.75) is 131 Å². The largest absolute Gasteiger partial charge is 0.507 e. The lowest BCUT2D eigenvalue weighted by molar-refractivity contribution is 0.0696. The summed E-state index contributed by atoms with van der Waals surface area (Å²) in [6.45, 7) is 27.2. The number of carbonyl (C=O) groups excluding carboxylic acids is 1. The number of methoxy groups -OCH3 is 1. The molecule has 0 spiro atoms. The van der Waals surface area contributed by atoms with E-state index >= 15 is 0 Å². The number of likely N-dealkylation sites (tertiary alicyclic amines) is 1. The fourth-order valence-corrected chi connectivity index (χ4v) is 9.56. The number of aromatic hydroxyl groups is 1. The van der Waals surface area contributed by atoms with Crippen LogP contribution < -0.4 is 4.74 Å². The molecule has 272 valence electrons. The average molecular weight is 720 g/mol. The first-order valence-corrected chi connectivity index (χ1v) is 19.1. The summed E-state index contributed by atoms with van der Waals surface area (Å²) in [6, 6.07) is 15.2. The van der Waals surface area contributed by atoms with Gasteiger partial charge in [-0.3, -0.25) is 4.79 Å². The zero-order valence-electron chi connectivity index (χ0n) is 32.3. The fourth-order valence-electron chi connectivity index (χ4n) is 6.48. The molecule has 1 fully saturated rings. The van der Waals surface area contributed by atoms with Gasteiger partial charge in [0.1, 0.15) is 11.5 Å². The normalized spacial score (nSPS) is 15.6. The number of nitrogens with zero attached hydrogens (tertiary/aromatic N) is 1. The van der Waals surface area contributed by atoms with Crippen molar-refractivity contribution in [3.63, 3.8) is 0 Å². The van der Waals surface area contributed by atoms with E-state index in [4.69, 9.17) is 4.74 Å². The van der Waals surface area contributed by atoms with Crippen molar-refractivity contribution < 1.29 is 24.5 Å². The van der Waals surface area contributed by atoms with Crippen LogP contribution in [0.15, 0.2) is 58.3 Å². The molecule has 1 amide bonds. The molecule has 0 aliphatic carbocycles.